The van der Waals surface area contributed by atoms with E-state index in [0.29, 0.717) is 24.3 Å². The molecule has 0 radical (unpaired) electrons. The van der Waals surface area contributed by atoms with Gasteiger partial charge < -0.3 is 15.5 Å². The summed E-state index contributed by atoms with van der Waals surface area (Å²) < 4.78 is 0. The van der Waals surface area contributed by atoms with E-state index in [1.807, 2.05) is 48.5 Å². The largest absolute Gasteiger partial charge is 0.380 e. The predicted molar refractivity (Wildman–Crippen MR) is 123 cm³/mol. The molecule has 0 fully saturated rings. The molecule has 0 aliphatic carbocycles. The van der Waals surface area contributed by atoms with Crippen molar-refractivity contribution < 1.29 is 9.59 Å². The van der Waals surface area contributed by atoms with Crippen LogP contribution in [0.1, 0.15) is 42.3 Å². The second-order valence-corrected chi connectivity index (χ2v) is 8.43. The zero-order valence-electron chi connectivity index (χ0n) is 18.0. The van der Waals surface area contributed by atoms with Crippen molar-refractivity contribution >= 4 is 28.9 Å². The number of hydrogen-bond donors (Lipinski definition) is 2. The van der Waals surface area contributed by atoms with E-state index in [2.05, 4.69) is 29.5 Å². The van der Waals surface area contributed by atoms with E-state index in [1.54, 1.807) is 30.3 Å². The Labute approximate surface area is 182 Å². The van der Waals surface area contributed by atoms with Gasteiger partial charge in [-0.1, -0.05) is 32.0 Å². The fraction of sp³-hybridized carbons (Fsp3) is 0.240. The van der Waals surface area contributed by atoms with E-state index in [-0.39, 0.29) is 17.2 Å². The molecule has 0 atom stereocenters. The van der Waals surface area contributed by atoms with Gasteiger partial charge in [-0.2, -0.15) is 0 Å². The molecule has 1 aliphatic heterocycles. The lowest BCUT2D eigenvalue weighted by molar-refractivity contribution is -0.116. The Morgan fingerprint density at radius 1 is 1.06 bits per heavy atom. The van der Waals surface area contributed by atoms with E-state index >= 15 is 0 Å². The Morgan fingerprint density at radius 3 is 2.55 bits per heavy atom. The first-order valence-electron chi connectivity index (χ1n) is 10.3. The molecule has 6 heteroatoms. The zero-order chi connectivity index (χ0) is 22.0. The molecule has 1 aromatic heterocycles. The molecule has 2 amide bonds. The van der Waals surface area contributed by atoms with Gasteiger partial charge in [-0.3, -0.25) is 14.6 Å². The van der Waals surface area contributed by atoms with Crippen LogP contribution in [0.2, 0.25) is 0 Å². The highest BCUT2D eigenvalue weighted by molar-refractivity contribution is 6.08. The Balaban J connectivity index is 1.54. The third-order valence-electron chi connectivity index (χ3n) is 5.61. The van der Waals surface area contributed by atoms with Crippen LogP contribution in [0.4, 0.5) is 17.1 Å². The van der Waals surface area contributed by atoms with E-state index in [4.69, 9.17) is 0 Å². The maximum Gasteiger partial charge on any atom is 0.257 e. The van der Waals surface area contributed by atoms with Crippen molar-refractivity contribution in [3.8, 4) is 0 Å². The van der Waals surface area contributed by atoms with Gasteiger partial charge in [-0.15, -0.1) is 0 Å². The van der Waals surface area contributed by atoms with Crippen molar-refractivity contribution in [3.05, 3.63) is 83.7 Å². The topological polar surface area (TPSA) is 74.3 Å². The SMILES string of the molecule is CC(=O)N1CC(C)(C)c2ccc(NC(=O)c3ccccc3NCc3ccncc3)cc21. The summed E-state index contributed by atoms with van der Waals surface area (Å²) in [6.07, 6.45) is 3.49. The first kappa shape index (κ1) is 20.6. The van der Waals surface area contributed by atoms with Crippen LogP contribution in [0.5, 0.6) is 0 Å². The van der Waals surface area contributed by atoms with Crippen molar-refractivity contribution in [2.24, 2.45) is 0 Å². The average molecular weight is 415 g/mol. The van der Waals surface area contributed by atoms with E-state index in [1.165, 1.54) is 0 Å². The zero-order valence-corrected chi connectivity index (χ0v) is 18.0. The highest BCUT2D eigenvalue weighted by atomic mass is 16.2. The molecular formula is C25H26N4O2. The Hall–Kier alpha value is -3.67. The molecular weight excluding hydrogens is 388 g/mol. The van der Waals surface area contributed by atoms with E-state index in [9.17, 15) is 9.59 Å². The molecule has 2 N–H and O–H groups in total. The number of aromatic nitrogens is 1. The van der Waals surface area contributed by atoms with Crippen LogP contribution >= 0.6 is 0 Å². The second-order valence-electron chi connectivity index (χ2n) is 8.43. The summed E-state index contributed by atoms with van der Waals surface area (Å²) in [7, 11) is 0. The van der Waals surface area contributed by atoms with Crippen LogP contribution in [0.15, 0.2) is 67.0 Å². The summed E-state index contributed by atoms with van der Waals surface area (Å²) in [4.78, 5) is 31.0. The maximum atomic E-state index is 13.0. The smallest absolute Gasteiger partial charge is 0.257 e. The van der Waals surface area contributed by atoms with Gasteiger partial charge in [0.15, 0.2) is 0 Å². The molecule has 0 bridgehead atoms. The number of hydrogen-bond acceptors (Lipinski definition) is 4. The molecule has 6 nitrogen and oxygen atoms in total. The average Bonchev–Trinajstić information content (AvgIpc) is 3.04. The van der Waals surface area contributed by atoms with Crippen molar-refractivity contribution in [2.45, 2.75) is 32.7 Å². The van der Waals surface area contributed by atoms with Gasteiger partial charge in [-0.05, 0) is 47.5 Å². The number of para-hydroxylation sites is 1. The summed E-state index contributed by atoms with van der Waals surface area (Å²) in [6, 6.07) is 17.1. The molecule has 2 aromatic carbocycles. The number of rotatable bonds is 5. The van der Waals surface area contributed by atoms with Gasteiger partial charge in [-0.25, -0.2) is 0 Å². The fourth-order valence-electron chi connectivity index (χ4n) is 3.98. The lowest BCUT2D eigenvalue weighted by atomic mass is 9.87. The maximum absolute atomic E-state index is 13.0. The first-order chi connectivity index (χ1) is 14.8. The number of anilines is 3. The standard InChI is InChI=1S/C25H26N4O2/c1-17(30)29-16-25(2,3)21-9-8-19(14-23(21)29)28-24(31)20-6-4-5-7-22(20)27-15-18-10-12-26-13-11-18/h4-14,27H,15-16H2,1-3H3,(H,28,31). The van der Waals surface area contributed by atoms with E-state index < -0.39 is 0 Å². The molecule has 2 heterocycles. The number of carbonyl (C=O) groups is 2. The van der Waals surface area contributed by atoms with Crippen molar-refractivity contribution in [3.63, 3.8) is 0 Å². The van der Waals surface area contributed by atoms with Crippen LogP contribution in [0.25, 0.3) is 0 Å². The predicted octanol–water partition coefficient (Wildman–Crippen LogP) is 4.59. The summed E-state index contributed by atoms with van der Waals surface area (Å²) in [5.41, 5.74) is 4.91. The number of nitrogens with zero attached hydrogens (tertiary/aromatic N) is 2. The minimum absolute atomic E-state index is 0.000888. The van der Waals surface area contributed by atoms with Gasteiger partial charge in [0.25, 0.3) is 5.91 Å². The number of pyridine rings is 1. The summed E-state index contributed by atoms with van der Waals surface area (Å²) in [6.45, 7) is 7.04. The highest BCUT2D eigenvalue weighted by Crippen LogP contribution is 2.41. The Bertz CT molecular complexity index is 1130. The van der Waals surface area contributed by atoms with Crippen LogP contribution in [-0.2, 0) is 16.8 Å². The number of amides is 2. The molecule has 0 saturated carbocycles. The lowest BCUT2D eigenvalue weighted by Crippen LogP contribution is -2.32. The normalized spacial score (nSPS) is 14.1. The first-order valence-corrected chi connectivity index (χ1v) is 10.3. The van der Waals surface area contributed by atoms with Gasteiger partial charge in [0, 0.05) is 54.9 Å². The summed E-state index contributed by atoms with van der Waals surface area (Å²) >= 11 is 0. The minimum atomic E-state index is -0.204. The summed E-state index contributed by atoms with van der Waals surface area (Å²) in [5, 5.41) is 6.32. The fourth-order valence-corrected chi connectivity index (χ4v) is 3.98. The third kappa shape index (κ3) is 4.28. The van der Waals surface area contributed by atoms with Crippen molar-refractivity contribution in [1.82, 2.24) is 4.98 Å². The van der Waals surface area contributed by atoms with Gasteiger partial charge in [0.1, 0.15) is 0 Å². The number of fused-ring (bicyclic) bond motifs is 1. The molecule has 1 aliphatic rings. The lowest BCUT2D eigenvalue weighted by Gasteiger charge is -2.19. The van der Waals surface area contributed by atoms with Gasteiger partial charge in [0.05, 0.1) is 5.56 Å². The molecule has 3 aromatic rings. The molecule has 0 saturated heterocycles. The molecule has 0 unspecified atom stereocenters. The summed E-state index contributed by atoms with van der Waals surface area (Å²) in [5.74, 6) is -0.203. The highest BCUT2D eigenvalue weighted by Gasteiger charge is 2.36. The monoisotopic (exact) mass is 414 g/mol. The van der Waals surface area contributed by atoms with Gasteiger partial charge in [0.2, 0.25) is 5.91 Å². The second kappa shape index (κ2) is 8.22. The molecule has 31 heavy (non-hydrogen) atoms. The number of carbonyl (C=O) groups excluding carboxylic acids is 2. The van der Waals surface area contributed by atoms with Crippen LogP contribution in [-0.4, -0.2) is 23.3 Å². The van der Waals surface area contributed by atoms with Gasteiger partial charge >= 0.3 is 0 Å². The molecule has 158 valence electrons. The van der Waals surface area contributed by atoms with Crippen LogP contribution < -0.4 is 15.5 Å². The minimum Gasteiger partial charge on any atom is -0.380 e. The van der Waals surface area contributed by atoms with Crippen molar-refractivity contribution in [1.29, 1.82) is 0 Å². The van der Waals surface area contributed by atoms with Crippen LogP contribution in [0, 0.1) is 0 Å². The van der Waals surface area contributed by atoms with E-state index in [0.717, 1.165) is 22.5 Å². The Kier molecular flexibility index (Phi) is 5.46. The quantitative estimate of drug-likeness (QED) is 0.640. The van der Waals surface area contributed by atoms with Crippen LogP contribution in [0.3, 0.4) is 0 Å². The van der Waals surface area contributed by atoms with Crippen molar-refractivity contribution in [2.75, 3.05) is 22.1 Å². The third-order valence-corrected chi connectivity index (χ3v) is 5.61. The number of benzene rings is 2. The Morgan fingerprint density at radius 2 is 1.81 bits per heavy atom. The molecule has 0 spiro atoms. The number of nitrogens with one attached hydrogen (secondary N) is 2. The molecule has 4 rings (SSSR count).